The fourth-order valence-corrected chi connectivity index (χ4v) is 1.77. The highest BCUT2D eigenvalue weighted by Crippen LogP contribution is 2.31. The Labute approximate surface area is 111 Å². The third-order valence-corrected chi connectivity index (χ3v) is 2.60. The molecule has 0 saturated heterocycles. The number of ether oxygens (including phenoxy) is 2. The van der Waals surface area contributed by atoms with Crippen molar-refractivity contribution in [3.8, 4) is 11.5 Å². The monoisotopic (exact) mass is 263 g/mol. The maximum atomic E-state index is 5.73. The van der Waals surface area contributed by atoms with Crippen molar-refractivity contribution in [3.05, 3.63) is 35.5 Å². The van der Waals surface area contributed by atoms with E-state index in [1.807, 2.05) is 18.2 Å². The number of benzene rings is 1. The Morgan fingerprint density at radius 3 is 2.84 bits per heavy atom. The van der Waals surface area contributed by atoms with Crippen molar-refractivity contribution in [2.75, 3.05) is 13.7 Å². The lowest BCUT2D eigenvalue weighted by Gasteiger charge is -2.13. The van der Waals surface area contributed by atoms with Crippen LogP contribution in [-0.2, 0) is 13.0 Å². The molecular formula is C13H17N3O3. The number of para-hydroxylation sites is 1. The van der Waals surface area contributed by atoms with Crippen molar-refractivity contribution in [1.82, 2.24) is 10.1 Å². The quantitative estimate of drug-likeness (QED) is 0.849. The van der Waals surface area contributed by atoms with Crippen LogP contribution in [-0.4, -0.2) is 23.8 Å². The molecule has 0 fully saturated rings. The lowest BCUT2D eigenvalue weighted by molar-refractivity contribution is 0.231. The van der Waals surface area contributed by atoms with Crippen LogP contribution in [0.2, 0.25) is 0 Å². The van der Waals surface area contributed by atoms with Crippen LogP contribution in [0.3, 0.4) is 0 Å². The molecule has 6 nitrogen and oxygen atoms in total. The molecule has 0 aliphatic carbocycles. The Hall–Kier alpha value is -2.08. The summed E-state index contributed by atoms with van der Waals surface area (Å²) in [5, 5.41) is 3.71. The summed E-state index contributed by atoms with van der Waals surface area (Å²) >= 11 is 0. The molecule has 0 aliphatic rings. The van der Waals surface area contributed by atoms with Gasteiger partial charge in [0, 0.05) is 0 Å². The summed E-state index contributed by atoms with van der Waals surface area (Å²) in [5.74, 6) is 2.36. The van der Waals surface area contributed by atoms with E-state index in [9.17, 15) is 0 Å². The predicted octanol–water partition coefficient (Wildman–Crippen LogP) is 1.47. The number of aromatic nitrogens is 2. The maximum Gasteiger partial charge on any atom is 0.264 e. The third-order valence-electron chi connectivity index (χ3n) is 2.60. The van der Waals surface area contributed by atoms with Crippen molar-refractivity contribution in [3.63, 3.8) is 0 Å². The number of methoxy groups -OCH3 is 1. The van der Waals surface area contributed by atoms with Gasteiger partial charge in [-0.25, -0.2) is 0 Å². The molecule has 2 N–H and O–H groups in total. The van der Waals surface area contributed by atoms with Crippen LogP contribution in [0.15, 0.2) is 22.7 Å². The molecule has 102 valence electrons. The first-order chi connectivity index (χ1) is 9.24. The van der Waals surface area contributed by atoms with Gasteiger partial charge in [-0.3, -0.25) is 0 Å². The lowest BCUT2D eigenvalue weighted by atomic mass is 10.1. The number of aryl methyl sites for hydroxylation is 1. The molecule has 0 amide bonds. The van der Waals surface area contributed by atoms with Crippen LogP contribution in [0, 0.1) is 6.92 Å². The predicted molar refractivity (Wildman–Crippen MR) is 69.1 cm³/mol. The number of nitrogens with two attached hydrogens (primary N) is 1. The molecule has 0 spiro atoms. The van der Waals surface area contributed by atoms with E-state index in [-0.39, 0.29) is 6.61 Å². The third kappa shape index (κ3) is 3.23. The van der Waals surface area contributed by atoms with Crippen LogP contribution in [0.4, 0.5) is 0 Å². The van der Waals surface area contributed by atoms with Gasteiger partial charge in [-0.2, -0.15) is 4.98 Å². The topological polar surface area (TPSA) is 83.4 Å². The molecule has 2 rings (SSSR count). The Bertz CT molecular complexity index is 540. The van der Waals surface area contributed by atoms with Gasteiger partial charge in [-0.1, -0.05) is 17.3 Å². The molecule has 0 atom stereocenters. The summed E-state index contributed by atoms with van der Waals surface area (Å²) in [6.07, 6.45) is 0.718. The lowest BCUT2D eigenvalue weighted by Crippen LogP contribution is -2.06. The first-order valence-electron chi connectivity index (χ1n) is 6.02. The molecule has 0 unspecified atom stereocenters. The Morgan fingerprint density at radius 2 is 2.21 bits per heavy atom. The summed E-state index contributed by atoms with van der Waals surface area (Å²) < 4.78 is 16.0. The van der Waals surface area contributed by atoms with Gasteiger partial charge in [0.2, 0.25) is 0 Å². The van der Waals surface area contributed by atoms with Crippen LogP contribution in [0.1, 0.15) is 17.3 Å². The van der Waals surface area contributed by atoms with Gasteiger partial charge in [0.25, 0.3) is 5.89 Å². The fourth-order valence-electron chi connectivity index (χ4n) is 1.77. The smallest absolute Gasteiger partial charge is 0.264 e. The zero-order valence-electron chi connectivity index (χ0n) is 11.0. The molecule has 0 radical (unpaired) electrons. The summed E-state index contributed by atoms with van der Waals surface area (Å²) in [5.41, 5.74) is 6.59. The average molecular weight is 263 g/mol. The molecule has 2 aromatic rings. The highest BCUT2D eigenvalue weighted by Gasteiger charge is 2.12. The van der Waals surface area contributed by atoms with Crippen molar-refractivity contribution >= 4 is 0 Å². The standard InChI is InChI=1S/C13H17N3O3/c1-9-15-12(19-16-9)8-18-13-10(6-7-14)4-3-5-11(13)17-2/h3-5H,6-8,14H2,1-2H3. The normalized spacial score (nSPS) is 10.5. The van der Waals surface area contributed by atoms with E-state index < -0.39 is 0 Å². The highest BCUT2D eigenvalue weighted by atomic mass is 16.5. The molecule has 1 heterocycles. The maximum absolute atomic E-state index is 5.73. The molecule has 1 aromatic carbocycles. The minimum Gasteiger partial charge on any atom is -0.493 e. The van der Waals surface area contributed by atoms with E-state index in [1.54, 1.807) is 14.0 Å². The molecule has 0 saturated carbocycles. The van der Waals surface area contributed by atoms with E-state index in [2.05, 4.69) is 10.1 Å². The second-order valence-corrected chi connectivity index (χ2v) is 4.01. The number of nitrogens with zero attached hydrogens (tertiary/aromatic N) is 2. The summed E-state index contributed by atoms with van der Waals surface area (Å²) in [6.45, 7) is 2.51. The summed E-state index contributed by atoms with van der Waals surface area (Å²) in [4.78, 5) is 4.09. The van der Waals surface area contributed by atoms with Crippen LogP contribution < -0.4 is 15.2 Å². The molecule has 0 aliphatic heterocycles. The van der Waals surface area contributed by atoms with Crippen LogP contribution >= 0.6 is 0 Å². The molecule has 6 heteroatoms. The van der Waals surface area contributed by atoms with Crippen LogP contribution in [0.25, 0.3) is 0 Å². The van der Waals surface area contributed by atoms with Crippen LogP contribution in [0.5, 0.6) is 11.5 Å². The van der Waals surface area contributed by atoms with Crippen molar-refractivity contribution < 1.29 is 14.0 Å². The van der Waals surface area contributed by atoms with E-state index >= 15 is 0 Å². The van der Waals surface area contributed by atoms with Crippen molar-refractivity contribution in [1.29, 1.82) is 0 Å². The average Bonchev–Trinajstić information content (AvgIpc) is 2.83. The van der Waals surface area contributed by atoms with Crippen molar-refractivity contribution in [2.24, 2.45) is 5.73 Å². The first-order valence-corrected chi connectivity index (χ1v) is 6.02. The molecule has 1 aromatic heterocycles. The van der Waals surface area contributed by atoms with E-state index in [0.717, 1.165) is 12.0 Å². The minimum atomic E-state index is 0.207. The Kier molecular flexibility index (Phi) is 4.35. The Balaban J connectivity index is 2.17. The van der Waals surface area contributed by atoms with Gasteiger partial charge >= 0.3 is 0 Å². The van der Waals surface area contributed by atoms with E-state index in [0.29, 0.717) is 29.8 Å². The minimum absolute atomic E-state index is 0.207. The van der Waals surface area contributed by atoms with Gasteiger partial charge in [0.05, 0.1) is 7.11 Å². The Morgan fingerprint density at radius 1 is 1.37 bits per heavy atom. The fraction of sp³-hybridized carbons (Fsp3) is 0.385. The number of hydrogen-bond acceptors (Lipinski definition) is 6. The van der Waals surface area contributed by atoms with Gasteiger partial charge in [-0.05, 0) is 31.5 Å². The van der Waals surface area contributed by atoms with Gasteiger partial charge in [0.15, 0.2) is 23.9 Å². The van der Waals surface area contributed by atoms with E-state index in [1.165, 1.54) is 0 Å². The zero-order valence-corrected chi connectivity index (χ0v) is 11.0. The second kappa shape index (κ2) is 6.19. The summed E-state index contributed by atoms with van der Waals surface area (Å²) in [6, 6.07) is 5.71. The van der Waals surface area contributed by atoms with Gasteiger partial charge in [-0.15, -0.1) is 0 Å². The number of rotatable bonds is 6. The largest absolute Gasteiger partial charge is 0.493 e. The van der Waals surface area contributed by atoms with E-state index in [4.69, 9.17) is 19.7 Å². The van der Waals surface area contributed by atoms with Gasteiger partial charge in [0.1, 0.15) is 0 Å². The highest BCUT2D eigenvalue weighted by molar-refractivity contribution is 5.46. The zero-order chi connectivity index (χ0) is 13.7. The molecular weight excluding hydrogens is 246 g/mol. The number of hydrogen-bond donors (Lipinski definition) is 1. The summed E-state index contributed by atoms with van der Waals surface area (Å²) in [7, 11) is 1.60. The van der Waals surface area contributed by atoms with Crippen molar-refractivity contribution in [2.45, 2.75) is 20.0 Å². The SMILES string of the molecule is COc1cccc(CCN)c1OCc1nc(C)no1. The second-order valence-electron chi connectivity index (χ2n) is 4.01. The molecule has 19 heavy (non-hydrogen) atoms. The molecule has 0 bridgehead atoms. The first kappa shape index (κ1) is 13.4. The van der Waals surface area contributed by atoms with Gasteiger partial charge < -0.3 is 19.7 Å².